The van der Waals surface area contributed by atoms with Gasteiger partial charge in [0.05, 0.1) is 18.8 Å². The van der Waals surface area contributed by atoms with Crippen LogP contribution in [0.5, 0.6) is 0 Å². The van der Waals surface area contributed by atoms with Crippen molar-refractivity contribution in [2.24, 2.45) is 0 Å². The molecule has 2 atom stereocenters. The summed E-state index contributed by atoms with van der Waals surface area (Å²) in [6, 6.07) is 15.1. The highest BCUT2D eigenvalue weighted by Crippen LogP contribution is 2.24. The molecule has 0 aliphatic carbocycles. The first-order valence-electron chi connectivity index (χ1n) is 7.65. The molecule has 0 radical (unpaired) electrons. The van der Waals surface area contributed by atoms with Gasteiger partial charge < -0.3 is 14.3 Å². The van der Waals surface area contributed by atoms with E-state index in [-0.39, 0.29) is 12.7 Å². The summed E-state index contributed by atoms with van der Waals surface area (Å²) in [6.45, 7) is 2.20. The summed E-state index contributed by atoms with van der Waals surface area (Å²) in [5.74, 6) is 0.458. The number of hydrogen-bond acceptors (Lipinski definition) is 5. The monoisotopic (exact) mass is 363 g/mol. The van der Waals surface area contributed by atoms with Crippen molar-refractivity contribution in [1.82, 2.24) is 4.98 Å². The zero-order valence-corrected chi connectivity index (χ0v) is 14.8. The summed E-state index contributed by atoms with van der Waals surface area (Å²) >= 11 is 7.25. The molecule has 0 unspecified atom stereocenters. The van der Waals surface area contributed by atoms with E-state index in [1.165, 1.54) is 11.8 Å². The molecule has 0 aliphatic rings. The molecule has 0 aliphatic heterocycles. The van der Waals surface area contributed by atoms with E-state index in [2.05, 4.69) is 4.98 Å². The third-order valence-electron chi connectivity index (χ3n) is 3.55. The number of oxazole rings is 1. The minimum absolute atomic E-state index is 0.105. The normalized spacial score (nSPS) is 14.0. The summed E-state index contributed by atoms with van der Waals surface area (Å²) in [4.78, 5) is 4.37. The van der Waals surface area contributed by atoms with Crippen molar-refractivity contribution >= 4 is 34.5 Å². The maximum absolute atomic E-state index is 10.1. The first-order chi connectivity index (χ1) is 11.6. The lowest BCUT2D eigenvalue weighted by molar-refractivity contribution is 0.00618. The van der Waals surface area contributed by atoms with Gasteiger partial charge in [-0.1, -0.05) is 47.6 Å². The number of hydrogen-bond donors (Lipinski definition) is 1. The number of aliphatic hydroxyl groups excluding tert-OH is 1. The van der Waals surface area contributed by atoms with Crippen LogP contribution in [-0.4, -0.2) is 28.6 Å². The molecule has 0 fully saturated rings. The molecular formula is C18H18ClNO3S. The van der Waals surface area contributed by atoms with Crippen LogP contribution in [0.25, 0.3) is 11.1 Å². The van der Waals surface area contributed by atoms with E-state index in [0.717, 1.165) is 16.7 Å². The number of halogens is 1. The van der Waals surface area contributed by atoms with Crippen LogP contribution in [0.15, 0.2) is 58.2 Å². The van der Waals surface area contributed by atoms with Gasteiger partial charge in [-0.25, -0.2) is 4.98 Å². The molecule has 0 bridgehead atoms. The molecule has 1 aromatic heterocycles. The molecule has 126 valence electrons. The van der Waals surface area contributed by atoms with Crippen LogP contribution in [0.2, 0.25) is 5.02 Å². The quantitative estimate of drug-likeness (QED) is 0.616. The molecule has 0 saturated heterocycles. The molecule has 3 aromatic rings. The van der Waals surface area contributed by atoms with E-state index in [4.69, 9.17) is 20.8 Å². The van der Waals surface area contributed by atoms with Crippen LogP contribution in [0.1, 0.15) is 18.6 Å². The highest BCUT2D eigenvalue weighted by atomic mass is 35.5. The van der Waals surface area contributed by atoms with Gasteiger partial charge in [-0.05, 0) is 36.8 Å². The van der Waals surface area contributed by atoms with Crippen molar-refractivity contribution in [1.29, 1.82) is 0 Å². The fraction of sp³-hybridized carbons (Fsp3) is 0.278. The SMILES string of the molecule is C[C@@H](OC[C@@H](O)CSc1nc2ccccc2o1)c1ccc(Cl)cc1. The number of aromatic nitrogens is 1. The number of nitrogens with zero attached hydrogens (tertiary/aromatic N) is 1. The molecule has 1 heterocycles. The molecule has 0 amide bonds. The third kappa shape index (κ3) is 4.51. The van der Waals surface area contributed by atoms with E-state index < -0.39 is 6.10 Å². The Balaban J connectivity index is 1.46. The van der Waals surface area contributed by atoms with Crippen LogP contribution in [-0.2, 0) is 4.74 Å². The molecule has 3 rings (SSSR count). The first-order valence-corrected chi connectivity index (χ1v) is 9.01. The van der Waals surface area contributed by atoms with Crippen molar-refractivity contribution in [2.75, 3.05) is 12.4 Å². The van der Waals surface area contributed by atoms with Gasteiger partial charge >= 0.3 is 0 Å². The van der Waals surface area contributed by atoms with E-state index in [1.807, 2.05) is 55.5 Å². The van der Waals surface area contributed by atoms with E-state index in [0.29, 0.717) is 16.0 Å². The van der Waals surface area contributed by atoms with Gasteiger partial charge in [0, 0.05) is 10.8 Å². The number of thioether (sulfide) groups is 1. The predicted molar refractivity (Wildman–Crippen MR) is 96.6 cm³/mol. The predicted octanol–water partition coefficient (Wildman–Crippen LogP) is 4.71. The van der Waals surface area contributed by atoms with Gasteiger partial charge in [0.1, 0.15) is 5.52 Å². The summed E-state index contributed by atoms with van der Waals surface area (Å²) < 4.78 is 11.3. The second-order valence-electron chi connectivity index (χ2n) is 5.44. The summed E-state index contributed by atoms with van der Waals surface area (Å²) in [5, 5.41) is 11.3. The summed E-state index contributed by atoms with van der Waals surface area (Å²) in [7, 11) is 0. The molecule has 0 spiro atoms. The van der Waals surface area contributed by atoms with Gasteiger partial charge in [-0.15, -0.1) is 0 Å². The van der Waals surface area contributed by atoms with Crippen LogP contribution in [0, 0.1) is 0 Å². The third-order valence-corrected chi connectivity index (χ3v) is 4.78. The Kier molecular flexibility index (Phi) is 5.79. The zero-order valence-electron chi connectivity index (χ0n) is 13.2. The minimum atomic E-state index is -0.597. The maximum atomic E-state index is 10.1. The lowest BCUT2D eigenvalue weighted by Gasteiger charge is -2.16. The first kappa shape index (κ1) is 17.3. The van der Waals surface area contributed by atoms with Gasteiger partial charge in [0.15, 0.2) is 5.58 Å². The molecule has 2 aromatic carbocycles. The number of rotatable bonds is 7. The van der Waals surface area contributed by atoms with Crippen molar-refractivity contribution in [3.63, 3.8) is 0 Å². The Labute approximate surface area is 149 Å². The number of benzene rings is 2. The standard InChI is InChI=1S/C18H18ClNO3S/c1-12(13-6-8-14(19)9-7-13)22-10-15(21)11-24-18-20-16-4-2-3-5-17(16)23-18/h2-9,12,15,21H,10-11H2,1H3/t12-,15-/m1/s1. The minimum Gasteiger partial charge on any atom is -0.431 e. The van der Waals surface area contributed by atoms with Crippen molar-refractivity contribution in [2.45, 2.75) is 24.4 Å². The second-order valence-corrected chi connectivity index (χ2v) is 6.85. The molecule has 0 saturated carbocycles. The lowest BCUT2D eigenvalue weighted by atomic mass is 10.1. The number of aliphatic hydroxyl groups is 1. The van der Waals surface area contributed by atoms with Gasteiger partial charge in [-0.3, -0.25) is 0 Å². The number of fused-ring (bicyclic) bond motifs is 1. The fourth-order valence-corrected chi connectivity index (χ4v) is 3.08. The largest absolute Gasteiger partial charge is 0.431 e. The van der Waals surface area contributed by atoms with Gasteiger partial charge in [0.2, 0.25) is 0 Å². The zero-order chi connectivity index (χ0) is 16.9. The Hall–Kier alpha value is -1.53. The Morgan fingerprint density at radius 3 is 2.71 bits per heavy atom. The second kappa shape index (κ2) is 8.03. The highest BCUT2D eigenvalue weighted by molar-refractivity contribution is 7.99. The number of ether oxygens (including phenoxy) is 1. The molecule has 24 heavy (non-hydrogen) atoms. The van der Waals surface area contributed by atoms with Crippen molar-refractivity contribution in [3.05, 3.63) is 59.1 Å². The summed E-state index contributed by atoms with van der Waals surface area (Å²) in [5.41, 5.74) is 2.60. The molecule has 4 nitrogen and oxygen atoms in total. The van der Waals surface area contributed by atoms with E-state index in [9.17, 15) is 5.11 Å². The Morgan fingerprint density at radius 1 is 1.21 bits per heavy atom. The average molecular weight is 364 g/mol. The Bertz CT molecular complexity index is 757. The van der Waals surface area contributed by atoms with Gasteiger partial charge in [0.25, 0.3) is 5.22 Å². The lowest BCUT2D eigenvalue weighted by Crippen LogP contribution is -2.19. The van der Waals surface area contributed by atoms with Crippen molar-refractivity contribution < 1.29 is 14.3 Å². The van der Waals surface area contributed by atoms with Crippen LogP contribution in [0.4, 0.5) is 0 Å². The average Bonchev–Trinajstić information content (AvgIpc) is 3.01. The summed E-state index contributed by atoms with van der Waals surface area (Å²) in [6.07, 6.45) is -0.703. The van der Waals surface area contributed by atoms with E-state index >= 15 is 0 Å². The highest BCUT2D eigenvalue weighted by Gasteiger charge is 2.13. The molecular weight excluding hydrogens is 346 g/mol. The topological polar surface area (TPSA) is 55.5 Å². The van der Waals surface area contributed by atoms with Crippen molar-refractivity contribution in [3.8, 4) is 0 Å². The van der Waals surface area contributed by atoms with E-state index in [1.54, 1.807) is 0 Å². The van der Waals surface area contributed by atoms with Gasteiger partial charge in [-0.2, -0.15) is 0 Å². The smallest absolute Gasteiger partial charge is 0.256 e. The molecule has 6 heteroatoms. The fourth-order valence-electron chi connectivity index (χ4n) is 2.21. The van der Waals surface area contributed by atoms with Crippen LogP contribution >= 0.6 is 23.4 Å². The molecule has 1 N–H and O–H groups in total. The van der Waals surface area contributed by atoms with Crippen LogP contribution in [0.3, 0.4) is 0 Å². The van der Waals surface area contributed by atoms with Crippen LogP contribution < -0.4 is 0 Å². The number of para-hydroxylation sites is 2. The Morgan fingerprint density at radius 2 is 1.96 bits per heavy atom. The maximum Gasteiger partial charge on any atom is 0.256 e.